The summed E-state index contributed by atoms with van der Waals surface area (Å²) in [6, 6.07) is 7.80. The Bertz CT molecular complexity index is 458. The minimum Gasteiger partial charge on any atom is -0.339 e. The van der Waals surface area contributed by atoms with Gasteiger partial charge in [0, 0.05) is 37.2 Å². The highest BCUT2D eigenvalue weighted by molar-refractivity contribution is 6.31. The number of piperazine rings is 1. The largest absolute Gasteiger partial charge is 0.339 e. The molecule has 1 aromatic carbocycles. The Morgan fingerprint density at radius 3 is 2.60 bits per heavy atom. The first-order valence-corrected chi connectivity index (χ1v) is 7.40. The van der Waals surface area contributed by atoms with Crippen LogP contribution in [0, 0.1) is 0 Å². The predicted molar refractivity (Wildman–Crippen MR) is 81.9 cm³/mol. The summed E-state index contributed by atoms with van der Waals surface area (Å²) >= 11 is 6.16. The summed E-state index contributed by atoms with van der Waals surface area (Å²) in [5.74, 6) is 0.164. The Morgan fingerprint density at radius 1 is 1.30 bits per heavy atom. The molecular weight excluding hydrogens is 274 g/mol. The third-order valence-corrected chi connectivity index (χ3v) is 4.13. The van der Waals surface area contributed by atoms with E-state index in [0.717, 1.165) is 36.8 Å². The summed E-state index contributed by atoms with van der Waals surface area (Å²) in [6.45, 7) is 5.92. The van der Waals surface area contributed by atoms with E-state index >= 15 is 0 Å². The molecule has 4 nitrogen and oxygen atoms in total. The fourth-order valence-corrected chi connectivity index (χ4v) is 2.64. The van der Waals surface area contributed by atoms with Gasteiger partial charge < -0.3 is 15.1 Å². The molecule has 0 spiro atoms. The van der Waals surface area contributed by atoms with E-state index in [1.807, 2.05) is 36.1 Å². The minimum absolute atomic E-state index is 0.0696. The molecule has 1 saturated heterocycles. The van der Waals surface area contributed by atoms with E-state index < -0.39 is 0 Å². The highest BCUT2D eigenvalue weighted by Crippen LogP contribution is 2.21. The fraction of sp³-hybridized carbons (Fsp3) is 0.533. The number of carbonyl (C=O) groups is 1. The molecule has 5 heteroatoms. The van der Waals surface area contributed by atoms with Gasteiger partial charge in [-0.1, -0.05) is 29.8 Å². The first kappa shape index (κ1) is 15.3. The molecule has 0 bridgehead atoms. The molecule has 1 aliphatic rings. The van der Waals surface area contributed by atoms with Crippen molar-refractivity contribution < 1.29 is 4.79 Å². The molecule has 1 N–H and O–H groups in total. The highest BCUT2D eigenvalue weighted by atomic mass is 35.5. The van der Waals surface area contributed by atoms with Crippen LogP contribution in [0.2, 0.25) is 5.02 Å². The van der Waals surface area contributed by atoms with Crippen molar-refractivity contribution in [2.45, 2.75) is 13.0 Å². The summed E-state index contributed by atoms with van der Waals surface area (Å²) in [4.78, 5) is 16.3. The normalized spacial score (nSPS) is 18.1. The number of carbonyl (C=O) groups excluding carboxylic acids is 1. The molecule has 1 unspecified atom stereocenters. The maximum absolute atomic E-state index is 12.1. The number of hydrogen-bond acceptors (Lipinski definition) is 3. The third kappa shape index (κ3) is 3.95. The monoisotopic (exact) mass is 295 g/mol. The lowest BCUT2D eigenvalue weighted by molar-refractivity contribution is -0.131. The molecule has 1 heterocycles. The average molecular weight is 296 g/mol. The van der Waals surface area contributed by atoms with Gasteiger partial charge in [0.1, 0.15) is 0 Å². The second-order valence-corrected chi connectivity index (χ2v) is 5.72. The smallest absolute Gasteiger partial charge is 0.236 e. The Labute approximate surface area is 125 Å². The molecule has 1 atom stereocenters. The van der Waals surface area contributed by atoms with Gasteiger partial charge in [0.2, 0.25) is 5.91 Å². The topological polar surface area (TPSA) is 35.6 Å². The lowest BCUT2D eigenvalue weighted by Gasteiger charge is -2.32. The van der Waals surface area contributed by atoms with Gasteiger partial charge in [-0.25, -0.2) is 0 Å². The van der Waals surface area contributed by atoms with Gasteiger partial charge in [-0.3, -0.25) is 4.79 Å². The van der Waals surface area contributed by atoms with E-state index in [1.165, 1.54) is 0 Å². The van der Waals surface area contributed by atoms with Crippen molar-refractivity contribution in [1.82, 2.24) is 15.1 Å². The molecule has 110 valence electrons. The maximum Gasteiger partial charge on any atom is 0.236 e. The van der Waals surface area contributed by atoms with E-state index in [4.69, 9.17) is 11.6 Å². The number of rotatable bonds is 4. The number of nitrogens with zero attached hydrogens (tertiary/aromatic N) is 2. The standard InChI is InChI=1S/C15H22ClN3O/c1-12(13-5-3-4-6-14(13)16)17-11-15(20)19-9-7-18(2)8-10-19/h3-6,12,17H,7-11H2,1-2H3. The Kier molecular flexibility index (Phi) is 5.40. The van der Waals surface area contributed by atoms with Crippen LogP contribution < -0.4 is 5.32 Å². The summed E-state index contributed by atoms with van der Waals surface area (Å²) < 4.78 is 0. The SMILES string of the molecule is CC(NCC(=O)N1CCN(C)CC1)c1ccccc1Cl. The first-order valence-electron chi connectivity index (χ1n) is 7.02. The zero-order valence-electron chi connectivity index (χ0n) is 12.1. The molecule has 0 aliphatic carbocycles. The van der Waals surface area contributed by atoms with Gasteiger partial charge in [-0.15, -0.1) is 0 Å². The Morgan fingerprint density at radius 2 is 1.95 bits per heavy atom. The average Bonchev–Trinajstić information content (AvgIpc) is 2.45. The molecule has 20 heavy (non-hydrogen) atoms. The van der Waals surface area contributed by atoms with Gasteiger partial charge in [0.15, 0.2) is 0 Å². The highest BCUT2D eigenvalue weighted by Gasteiger charge is 2.19. The summed E-state index contributed by atoms with van der Waals surface area (Å²) in [7, 11) is 2.08. The molecule has 1 aliphatic heterocycles. The van der Waals surface area contributed by atoms with Crippen molar-refractivity contribution in [1.29, 1.82) is 0 Å². The molecule has 0 saturated carbocycles. The number of hydrogen-bond donors (Lipinski definition) is 1. The molecule has 2 rings (SSSR count). The van der Waals surface area contributed by atoms with Crippen molar-refractivity contribution in [2.24, 2.45) is 0 Å². The van der Waals surface area contributed by atoms with E-state index in [2.05, 4.69) is 17.3 Å². The molecule has 1 amide bonds. The van der Waals surface area contributed by atoms with Gasteiger partial charge >= 0.3 is 0 Å². The van der Waals surface area contributed by atoms with Crippen LogP contribution in [0.15, 0.2) is 24.3 Å². The van der Waals surface area contributed by atoms with Crippen LogP contribution in [0.25, 0.3) is 0 Å². The third-order valence-electron chi connectivity index (χ3n) is 3.79. The maximum atomic E-state index is 12.1. The predicted octanol–water partition coefficient (Wildman–Crippen LogP) is 1.76. The quantitative estimate of drug-likeness (QED) is 0.919. The van der Waals surface area contributed by atoms with Crippen LogP contribution in [0.5, 0.6) is 0 Å². The molecule has 1 aromatic rings. The zero-order valence-corrected chi connectivity index (χ0v) is 12.9. The Balaban J connectivity index is 1.83. The number of benzene rings is 1. The van der Waals surface area contributed by atoms with E-state index in [1.54, 1.807) is 0 Å². The van der Waals surface area contributed by atoms with Crippen molar-refractivity contribution >= 4 is 17.5 Å². The van der Waals surface area contributed by atoms with Crippen LogP contribution in [0.1, 0.15) is 18.5 Å². The number of nitrogens with one attached hydrogen (secondary N) is 1. The van der Waals surface area contributed by atoms with Crippen LogP contribution in [-0.2, 0) is 4.79 Å². The number of amides is 1. The van der Waals surface area contributed by atoms with Gasteiger partial charge in [-0.05, 0) is 25.6 Å². The zero-order chi connectivity index (χ0) is 14.5. The van der Waals surface area contributed by atoms with Crippen LogP contribution in [-0.4, -0.2) is 55.5 Å². The van der Waals surface area contributed by atoms with Gasteiger partial charge in [0.05, 0.1) is 6.54 Å². The molecule has 1 fully saturated rings. The van der Waals surface area contributed by atoms with E-state index in [0.29, 0.717) is 6.54 Å². The van der Waals surface area contributed by atoms with E-state index in [9.17, 15) is 4.79 Å². The first-order chi connectivity index (χ1) is 9.58. The second-order valence-electron chi connectivity index (χ2n) is 5.31. The summed E-state index contributed by atoms with van der Waals surface area (Å²) in [6.07, 6.45) is 0. The van der Waals surface area contributed by atoms with Gasteiger partial charge in [-0.2, -0.15) is 0 Å². The van der Waals surface area contributed by atoms with Crippen molar-refractivity contribution in [3.05, 3.63) is 34.9 Å². The van der Waals surface area contributed by atoms with E-state index in [-0.39, 0.29) is 11.9 Å². The fourth-order valence-electron chi connectivity index (χ4n) is 2.34. The van der Waals surface area contributed by atoms with Crippen LogP contribution in [0.3, 0.4) is 0 Å². The molecular formula is C15H22ClN3O. The van der Waals surface area contributed by atoms with Gasteiger partial charge in [0.25, 0.3) is 0 Å². The molecule has 0 aromatic heterocycles. The van der Waals surface area contributed by atoms with Crippen molar-refractivity contribution in [2.75, 3.05) is 39.8 Å². The lowest BCUT2D eigenvalue weighted by atomic mass is 10.1. The van der Waals surface area contributed by atoms with Crippen LogP contribution >= 0.6 is 11.6 Å². The number of likely N-dealkylation sites (N-methyl/N-ethyl adjacent to an activating group) is 1. The Hall–Kier alpha value is -1.10. The van der Waals surface area contributed by atoms with Crippen molar-refractivity contribution in [3.8, 4) is 0 Å². The van der Waals surface area contributed by atoms with Crippen LogP contribution in [0.4, 0.5) is 0 Å². The lowest BCUT2D eigenvalue weighted by Crippen LogP contribution is -2.49. The molecule has 0 radical (unpaired) electrons. The second kappa shape index (κ2) is 7.07. The van der Waals surface area contributed by atoms with Crippen molar-refractivity contribution in [3.63, 3.8) is 0 Å². The minimum atomic E-state index is 0.0696. The summed E-state index contributed by atoms with van der Waals surface area (Å²) in [5.41, 5.74) is 1.03. The summed E-state index contributed by atoms with van der Waals surface area (Å²) in [5, 5.41) is 3.99. The number of halogens is 1.